The lowest BCUT2D eigenvalue weighted by atomic mass is 9.75. The molecule has 0 saturated carbocycles. The summed E-state index contributed by atoms with van der Waals surface area (Å²) in [5.41, 5.74) is 1.58. The van der Waals surface area contributed by atoms with Gasteiger partial charge in [0.1, 0.15) is 34.3 Å². The van der Waals surface area contributed by atoms with E-state index in [1.54, 1.807) is 42.5 Å². The van der Waals surface area contributed by atoms with Crippen LogP contribution in [0.3, 0.4) is 0 Å². The Hall–Kier alpha value is -5.30. The first kappa shape index (κ1) is 21.9. The quantitative estimate of drug-likeness (QED) is 0.264. The van der Waals surface area contributed by atoms with Gasteiger partial charge in [-0.25, -0.2) is 5.01 Å². The fourth-order valence-corrected chi connectivity index (χ4v) is 5.61. The van der Waals surface area contributed by atoms with Crippen molar-refractivity contribution >= 4 is 22.9 Å². The SMILES string of the molecule is O=C1c2ccccc2C2(c3ccc(O)cc3Oc3cc(O)ccc32)N1N=Cc1c(O)ccc2ccccc12. The Morgan fingerprint density at radius 1 is 0.737 bits per heavy atom. The molecule has 184 valence electrons. The summed E-state index contributed by atoms with van der Waals surface area (Å²) >= 11 is 0. The van der Waals surface area contributed by atoms with Gasteiger partial charge in [0.25, 0.3) is 5.91 Å². The Bertz CT molecular complexity index is 1780. The minimum absolute atomic E-state index is 0.00385. The lowest BCUT2D eigenvalue weighted by Gasteiger charge is -2.41. The molecule has 7 heteroatoms. The number of phenols is 3. The molecule has 7 rings (SSSR count). The number of nitrogens with zero attached hydrogens (tertiary/aromatic N) is 2. The third kappa shape index (κ3) is 2.90. The van der Waals surface area contributed by atoms with Crippen LogP contribution in [0.15, 0.2) is 102 Å². The molecule has 0 aliphatic carbocycles. The van der Waals surface area contributed by atoms with Crippen molar-refractivity contribution < 1.29 is 24.9 Å². The van der Waals surface area contributed by atoms with E-state index >= 15 is 0 Å². The number of amides is 1. The Labute approximate surface area is 217 Å². The first-order valence-electron chi connectivity index (χ1n) is 12.0. The van der Waals surface area contributed by atoms with Crippen LogP contribution in [0.1, 0.15) is 32.6 Å². The number of ether oxygens (including phenoxy) is 1. The molecule has 0 fully saturated rings. The molecule has 0 bridgehead atoms. The van der Waals surface area contributed by atoms with Gasteiger partial charge in [-0.2, -0.15) is 5.10 Å². The number of hydrogen-bond acceptors (Lipinski definition) is 6. The number of benzene rings is 5. The fourth-order valence-electron chi connectivity index (χ4n) is 5.61. The molecule has 2 aliphatic heterocycles. The highest BCUT2D eigenvalue weighted by atomic mass is 16.5. The Kier molecular flexibility index (Phi) is 4.53. The zero-order valence-electron chi connectivity index (χ0n) is 19.9. The van der Waals surface area contributed by atoms with Crippen LogP contribution in [0.4, 0.5) is 0 Å². The number of carbonyl (C=O) groups is 1. The van der Waals surface area contributed by atoms with Crippen LogP contribution in [0.2, 0.25) is 0 Å². The average molecular weight is 501 g/mol. The highest BCUT2D eigenvalue weighted by Crippen LogP contribution is 2.58. The van der Waals surface area contributed by atoms with Crippen LogP contribution in [0, 0.1) is 0 Å². The zero-order valence-corrected chi connectivity index (χ0v) is 19.9. The molecular formula is C31H20N2O5. The zero-order chi connectivity index (χ0) is 26.0. The van der Waals surface area contributed by atoms with Crippen molar-refractivity contribution in [2.45, 2.75) is 5.54 Å². The lowest BCUT2D eigenvalue weighted by molar-refractivity contribution is 0.0675. The van der Waals surface area contributed by atoms with Crippen molar-refractivity contribution in [2.24, 2.45) is 5.10 Å². The maximum atomic E-state index is 14.0. The first-order valence-corrected chi connectivity index (χ1v) is 12.0. The second kappa shape index (κ2) is 7.85. The first-order chi connectivity index (χ1) is 18.5. The molecular weight excluding hydrogens is 480 g/mol. The molecule has 3 N–H and O–H groups in total. The van der Waals surface area contributed by atoms with Crippen LogP contribution < -0.4 is 4.74 Å². The van der Waals surface area contributed by atoms with Crippen molar-refractivity contribution in [3.63, 3.8) is 0 Å². The smallest absolute Gasteiger partial charge is 0.275 e. The summed E-state index contributed by atoms with van der Waals surface area (Å²) in [7, 11) is 0. The number of hydrazone groups is 1. The van der Waals surface area contributed by atoms with Gasteiger partial charge < -0.3 is 20.1 Å². The summed E-state index contributed by atoms with van der Waals surface area (Å²) in [6.07, 6.45) is 1.50. The van der Waals surface area contributed by atoms with E-state index in [1.165, 1.54) is 23.4 Å². The molecule has 2 heterocycles. The number of hydrogen-bond donors (Lipinski definition) is 3. The Morgan fingerprint density at radius 2 is 1.39 bits per heavy atom. The fraction of sp³-hybridized carbons (Fsp3) is 0.0323. The molecule has 0 radical (unpaired) electrons. The number of aromatic hydroxyl groups is 3. The number of fused-ring (bicyclic) bond motifs is 7. The van der Waals surface area contributed by atoms with E-state index < -0.39 is 5.54 Å². The van der Waals surface area contributed by atoms with E-state index in [9.17, 15) is 20.1 Å². The summed E-state index contributed by atoms with van der Waals surface area (Å²) in [6.45, 7) is 0. The molecule has 0 unspecified atom stereocenters. The number of carbonyl (C=O) groups excluding carboxylic acids is 1. The summed E-state index contributed by atoms with van der Waals surface area (Å²) in [5.74, 6) is 0.359. The van der Waals surface area contributed by atoms with Crippen LogP contribution in [0.25, 0.3) is 10.8 Å². The molecule has 0 saturated heterocycles. The minimum Gasteiger partial charge on any atom is -0.508 e. The van der Waals surface area contributed by atoms with Crippen LogP contribution in [-0.2, 0) is 5.54 Å². The molecule has 7 nitrogen and oxygen atoms in total. The minimum atomic E-state index is -1.26. The van der Waals surface area contributed by atoms with Crippen molar-refractivity contribution in [2.75, 3.05) is 0 Å². The summed E-state index contributed by atoms with van der Waals surface area (Å²) in [4.78, 5) is 14.0. The highest BCUT2D eigenvalue weighted by molar-refractivity contribution is 6.05. The maximum Gasteiger partial charge on any atom is 0.275 e. The van der Waals surface area contributed by atoms with Gasteiger partial charge in [0.05, 0.1) is 6.21 Å². The van der Waals surface area contributed by atoms with E-state index in [4.69, 9.17) is 9.84 Å². The van der Waals surface area contributed by atoms with Gasteiger partial charge in [-0.15, -0.1) is 0 Å². The average Bonchev–Trinajstić information content (AvgIpc) is 3.16. The van der Waals surface area contributed by atoms with Crippen LogP contribution in [-0.4, -0.2) is 32.5 Å². The number of rotatable bonds is 2. The van der Waals surface area contributed by atoms with Crippen molar-refractivity contribution in [3.8, 4) is 28.7 Å². The van der Waals surface area contributed by atoms with Crippen molar-refractivity contribution in [3.05, 3.63) is 125 Å². The van der Waals surface area contributed by atoms with Gasteiger partial charge in [0.15, 0.2) is 0 Å². The standard InChI is InChI=1S/C31H20N2O5/c34-19-10-12-25-28(15-19)38-29-16-20(35)11-13-26(29)31(25)24-8-4-3-7-22(24)30(37)33(31)32-17-23-21-6-2-1-5-18(21)9-14-27(23)36/h1-17,34-36H. The largest absolute Gasteiger partial charge is 0.508 e. The molecule has 5 aromatic carbocycles. The molecule has 1 amide bonds. The van der Waals surface area contributed by atoms with E-state index in [-0.39, 0.29) is 23.2 Å². The molecule has 0 atom stereocenters. The maximum absolute atomic E-state index is 14.0. The van der Waals surface area contributed by atoms with Gasteiger partial charge in [-0.05, 0) is 47.2 Å². The summed E-state index contributed by atoms with van der Waals surface area (Å²) < 4.78 is 6.11. The number of phenolic OH excluding ortho intramolecular Hbond substituents is 3. The van der Waals surface area contributed by atoms with Gasteiger partial charge in [-0.3, -0.25) is 4.79 Å². The van der Waals surface area contributed by atoms with E-state index in [0.717, 1.165) is 10.8 Å². The van der Waals surface area contributed by atoms with Crippen molar-refractivity contribution in [1.82, 2.24) is 5.01 Å². The van der Waals surface area contributed by atoms with E-state index in [0.29, 0.717) is 39.3 Å². The van der Waals surface area contributed by atoms with Gasteiger partial charge >= 0.3 is 0 Å². The van der Waals surface area contributed by atoms with Crippen molar-refractivity contribution in [1.29, 1.82) is 0 Å². The monoisotopic (exact) mass is 500 g/mol. The third-order valence-electron chi connectivity index (χ3n) is 7.24. The normalized spacial score (nSPS) is 14.9. The van der Waals surface area contributed by atoms with Gasteiger partial charge in [-0.1, -0.05) is 48.5 Å². The van der Waals surface area contributed by atoms with E-state index in [1.807, 2.05) is 42.5 Å². The van der Waals surface area contributed by atoms with Crippen LogP contribution >= 0.6 is 0 Å². The predicted molar refractivity (Wildman–Crippen MR) is 142 cm³/mol. The van der Waals surface area contributed by atoms with Gasteiger partial charge in [0.2, 0.25) is 0 Å². The molecule has 38 heavy (non-hydrogen) atoms. The van der Waals surface area contributed by atoms with E-state index in [2.05, 4.69) is 0 Å². The Morgan fingerprint density at radius 3 is 2.13 bits per heavy atom. The lowest BCUT2D eigenvalue weighted by Crippen LogP contribution is -2.44. The summed E-state index contributed by atoms with van der Waals surface area (Å²) in [6, 6.07) is 27.8. The van der Waals surface area contributed by atoms with Crippen LogP contribution in [0.5, 0.6) is 28.7 Å². The second-order valence-corrected chi connectivity index (χ2v) is 9.30. The molecule has 5 aromatic rings. The van der Waals surface area contributed by atoms with Gasteiger partial charge in [0, 0.05) is 39.9 Å². The topological polar surface area (TPSA) is 103 Å². The second-order valence-electron chi connectivity index (χ2n) is 9.30. The molecule has 1 spiro atoms. The summed E-state index contributed by atoms with van der Waals surface area (Å²) in [5, 5.41) is 39.1. The molecule has 2 aliphatic rings. The highest BCUT2D eigenvalue weighted by Gasteiger charge is 2.57. The molecule has 0 aromatic heterocycles. The predicted octanol–water partition coefficient (Wildman–Crippen LogP) is 5.84. The third-order valence-corrected chi connectivity index (χ3v) is 7.24. The Balaban J connectivity index is 1.54.